The molecule has 0 aromatic carbocycles. The molecule has 0 bridgehead atoms. The van der Waals surface area contributed by atoms with Crippen LogP contribution in [0.1, 0.15) is 27.7 Å². The highest BCUT2D eigenvalue weighted by atomic mass is 16.4. The van der Waals surface area contributed by atoms with Crippen molar-refractivity contribution < 1.29 is 24.3 Å². The van der Waals surface area contributed by atoms with E-state index >= 15 is 0 Å². The summed E-state index contributed by atoms with van der Waals surface area (Å²) in [6.45, 7) is 6.58. The van der Waals surface area contributed by atoms with Crippen LogP contribution in [0.25, 0.3) is 0 Å². The minimum absolute atomic E-state index is 0.0535. The molecule has 0 fully saturated rings. The Kier molecular flexibility index (Phi) is 8.45. The molecule has 0 aliphatic rings. The fourth-order valence-electron chi connectivity index (χ4n) is 1.80. The molecule has 0 rings (SSSR count). The first-order valence-electron chi connectivity index (χ1n) is 6.85. The maximum atomic E-state index is 11.9. The Hall–Kier alpha value is -1.76. The van der Waals surface area contributed by atoms with Crippen molar-refractivity contribution in [3.63, 3.8) is 0 Å². The van der Waals surface area contributed by atoms with E-state index in [0.29, 0.717) is 0 Å². The fraction of sp³-hybridized carbons (Fsp3) is 0.714. The van der Waals surface area contributed by atoms with E-state index in [4.69, 9.17) is 5.11 Å². The van der Waals surface area contributed by atoms with E-state index in [2.05, 4.69) is 5.32 Å². The summed E-state index contributed by atoms with van der Waals surface area (Å²) < 4.78 is 0. The van der Waals surface area contributed by atoms with Gasteiger partial charge in [0.1, 0.15) is 11.6 Å². The Morgan fingerprint density at radius 2 is 1.48 bits per heavy atom. The topological polar surface area (TPSA) is 104 Å². The van der Waals surface area contributed by atoms with E-state index in [0.717, 1.165) is 0 Å². The lowest BCUT2D eigenvalue weighted by atomic mass is 10.1. The van der Waals surface area contributed by atoms with Crippen molar-refractivity contribution in [2.24, 2.45) is 11.8 Å². The first-order valence-corrected chi connectivity index (χ1v) is 6.85. The summed E-state index contributed by atoms with van der Waals surface area (Å²) in [5.41, 5.74) is 0. The van der Waals surface area contributed by atoms with Crippen molar-refractivity contribution in [2.75, 3.05) is 26.2 Å². The second kappa shape index (κ2) is 9.23. The lowest BCUT2D eigenvalue weighted by Gasteiger charge is -2.23. The second-order valence-electron chi connectivity index (χ2n) is 5.46. The van der Waals surface area contributed by atoms with Gasteiger partial charge in [0, 0.05) is 19.0 Å². The van der Waals surface area contributed by atoms with Gasteiger partial charge in [-0.15, -0.1) is 0 Å². The van der Waals surface area contributed by atoms with E-state index < -0.39 is 17.8 Å². The molecule has 0 heterocycles. The Morgan fingerprint density at radius 1 is 1.00 bits per heavy atom. The number of hydrogen-bond acceptors (Lipinski definition) is 5. The first kappa shape index (κ1) is 19.2. The molecule has 0 radical (unpaired) electrons. The van der Waals surface area contributed by atoms with Gasteiger partial charge in [0.05, 0.1) is 19.0 Å². The summed E-state index contributed by atoms with van der Waals surface area (Å²) in [5.74, 6) is -2.53. The van der Waals surface area contributed by atoms with E-state index in [9.17, 15) is 19.2 Å². The number of carboxylic acid groups (broad SMARTS) is 1. The minimum atomic E-state index is -0.974. The van der Waals surface area contributed by atoms with Gasteiger partial charge in [-0.3, -0.25) is 24.1 Å². The van der Waals surface area contributed by atoms with Gasteiger partial charge in [0.25, 0.3) is 0 Å². The number of carbonyl (C=O) groups excluding carboxylic acids is 3. The van der Waals surface area contributed by atoms with Gasteiger partial charge in [-0.1, -0.05) is 13.8 Å². The maximum Gasteiger partial charge on any atom is 0.308 e. The smallest absolute Gasteiger partial charge is 0.308 e. The fourth-order valence-corrected chi connectivity index (χ4v) is 1.80. The van der Waals surface area contributed by atoms with Crippen LogP contribution in [-0.2, 0) is 19.2 Å². The number of carboxylic acids is 1. The number of carbonyl (C=O) groups is 4. The molecule has 2 unspecified atom stereocenters. The summed E-state index contributed by atoms with van der Waals surface area (Å²) >= 11 is 0. The summed E-state index contributed by atoms with van der Waals surface area (Å²) in [4.78, 5) is 46.5. The molecule has 0 aliphatic carbocycles. The Morgan fingerprint density at radius 3 is 1.86 bits per heavy atom. The van der Waals surface area contributed by atoms with Crippen LogP contribution < -0.4 is 5.32 Å². The highest BCUT2D eigenvalue weighted by Gasteiger charge is 2.20. The standard InChI is InChI=1S/C14H24N2O5/c1-9(14(20)21)5-15-13(19)10(2)6-16(7-11(3)17)8-12(4)18/h9-10H,5-8H2,1-4H3,(H,15,19)(H,20,21). The molecule has 1 amide bonds. The molecule has 2 N–H and O–H groups in total. The zero-order valence-corrected chi connectivity index (χ0v) is 13.0. The lowest BCUT2D eigenvalue weighted by Crippen LogP contribution is -2.42. The predicted octanol–water partition coefficient (Wildman–Crippen LogP) is -0.0606. The highest BCUT2D eigenvalue weighted by molar-refractivity contribution is 5.82. The molecule has 0 aliphatic heterocycles. The van der Waals surface area contributed by atoms with Crippen LogP contribution in [0.3, 0.4) is 0 Å². The maximum absolute atomic E-state index is 11.9. The molecule has 0 aromatic rings. The molecule has 120 valence electrons. The number of hydrogen-bond donors (Lipinski definition) is 2. The third-order valence-corrected chi connectivity index (χ3v) is 2.88. The van der Waals surface area contributed by atoms with E-state index in [1.54, 1.807) is 11.8 Å². The number of nitrogens with one attached hydrogen (secondary N) is 1. The Balaban J connectivity index is 4.42. The van der Waals surface area contributed by atoms with Crippen LogP contribution in [0.4, 0.5) is 0 Å². The second-order valence-corrected chi connectivity index (χ2v) is 5.46. The molecule has 0 saturated heterocycles. The monoisotopic (exact) mass is 300 g/mol. The van der Waals surface area contributed by atoms with Crippen LogP contribution in [0.15, 0.2) is 0 Å². The number of amides is 1. The molecular formula is C14H24N2O5. The number of Topliss-reactive ketones (excluding diaryl/α,β-unsaturated/α-hetero) is 2. The van der Waals surface area contributed by atoms with Crippen molar-refractivity contribution in [3.8, 4) is 0 Å². The van der Waals surface area contributed by atoms with Gasteiger partial charge < -0.3 is 10.4 Å². The van der Waals surface area contributed by atoms with E-state index in [-0.39, 0.29) is 43.7 Å². The van der Waals surface area contributed by atoms with Gasteiger partial charge in [-0.2, -0.15) is 0 Å². The van der Waals surface area contributed by atoms with Crippen LogP contribution in [0.5, 0.6) is 0 Å². The van der Waals surface area contributed by atoms with Crippen molar-refractivity contribution in [2.45, 2.75) is 27.7 Å². The van der Waals surface area contributed by atoms with E-state index in [1.807, 2.05) is 0 Å². The number of ketones is 2. The van der Waals surface area contributed by atoms with Crippen LogP contribution in [-0.4, -0.2) is 59.6 Å². The molecule has 0 aromatic heterocycles. The number of rotatable bonds is 10. The van der Waals surface area contributed by atoms with Crippen LogP contribution in [0, 0.1) is 11.8 Å². The van der Waals surface area contributed by atoms with Gasteiger partial charge in [-0.25, -0.2) is 0 Å². The molecular weight excluding hydrogens is 276 g/mol. The quantitative estimate of drug-likeness (QED) is 0.586. The lowest BCUT2D eigenvalue weighted by molar-refractivity contribution is -0.141. The van der Waals surface area contributed by atoms with Crippen molar-refractivity contribution in [1.82, 2.24) is 10.2 Å². The average molecular weight is 300 g/mol. The van der Waals surface area contributed by atoms with Crippen molar-refractivity contribution in [3.05, 3.63) is 0 Å². The van der Waals surface area contributed by atoms with Gasteiger partial charge in [0.2, 0.25) is 5.91 Å². The zero-order valence-electron chi connectivity index (χ0n) is 13.0. The zero-order chi connectivity index (χ0) is 16.6. The van der Waals surface area contributed by atoms with Crippen molar-refractivity contribution >= 4 is 23.4 Å². The summed E-state index contributed by atoms with van der Waals surface area (Å²) in [6, 6.07) is 0. The number of aliphatic carboxylic acids is 1. The number of nitrogens with zero attached hydrogens (tertiary/aromatic N) is 1. The van der Waals surface area contributed by atoms with Gasteiger partial charge in [0.15, 0.2) is 0 Å². The van der Waals surface area contributed by atoms with Crippen LogP contribution >= 0.6 is 0 Å². The Labute approximate surface area is 124 Å². The highest BCUT2D eigenvalue weighted by Crippen LogP contribution is 2.02. The van der Waals surface area contributed by atoms with Crippen LogP contribution in [0.2, 0.25) is 0 Å². The third-order valence-electron chi connectivity index (χ3n) is 2.88. The molecule has 0 saturated carbocycles. The average Bonchev–Trinajstić information content (AvgIpc) is 2.33. The normalized spacial score (nSPS) is 13.6. The third kappa shape index (κ3) is 8.91. The largest absolute Gasteiger partial charge is 0.481 e. The molecule has 7 nitrogen and oxygen atoms in total. The Bertz CT molecular complexity index is 392. The summed E-state index contributed by atoms with van der Waals surface area (Å²) in [5, 5.41) is 11.3. The first-order chi connectivity index (χ1) is 9.63. The predicted molar refractivity (Wildman–Crippen MR) is 76.8 cm³/mol. The van der Waals surface area contributed by atoms with Crippen molar-refractivity contribution in [1.29, 1.82) is 0 Å². The van der Waals surface area contributed by atoms with E-state index in [1.165, 1.54) is 20.8 Å². The molecule has 2 atom stereocenters. The minimum Gasteiger partial charge on any atom is -0.481 e. The SMILES string of the molecule is CC(=O)CN(CC(C)=O)CC(C)C(=O)NCC(C)C(=O)O. The van der Waals surface area contributed by atoms with Gasteiger partial charge >= 0.3 is 5.97 Å². The molecule has 7 heteroatoms. The summed E-state index contributed by atoms with van der Waals surface area (Å²) in [7, 11) is 0. The molecule has 21 heavy (non-hydrogen) atoms. The summed E-state index contributed by atoms with van der Waals surface area (Å²) in [6.07, 6.45) is 0. The molecule has 0 spiro atoms. The van der Waals surface area contributed by atoms with Gasteiger partial charge in [-0.05, 0) is 13.8 Å².